The summed E-state index contributed by atoms with van der Waals surface area (Å²) in [5, 5.41) is 10.1. The molecule has 3 aromatic rings. The molecular weight excluding hydrogens is 390 g/mol. The molecule has 7 heteroatoms. The third-order valence-electron chi connectivity index (χ3n) is 6.70. The molecule has 2 aliphatic rings. The van der Waals surface area contributed by atoms with Crippen molar-refractivity contribution in [2.45, 2.75) is 25.8 Å². The number of nitrogens with zero attached hydrogens (tertiary/aromatic N) is 3. The molecule has 1 saturated carbocycles. The molecule has 0 bridgehead atoms. The zero-order chi connectivity index (χ0) is 21.3. The van der Waals surface area contributed by atoms with E-state index in [1.165, 1.54) is 0 Å². The predicted octanol–water partition coefficient (Wildman–Crippen LogP) is 3.03. The molecule has 7 nitrogen and oxygen atoms in total. The molecule has 2 fully saturated rings. The Kier molecular flexibility index (Phi) is 5.02. The molecule has 1 aliphatic carbocycles. The number of carbonyl (C=O) groups is 2. The summed E-state index contributed by atoms with van der Waals surface area (Å²) in [6.45, 7) is 1.46. The number of likely N-dealkylation sites (tertiary alicyclic amines) is 1. The number of carbonyl (C=O) groups excluding carboxylic acids is 2. The number of H-pyrrole nitrogens is 1. The lowest BCUT2D eigenvalue weighted by molar-refractivity contribution is -0.129. The molecule has 5 rings (SSSR count). The van der Waals surface area contributed by atoms with Gasteiger partial charge < -0.3 is 10.2 Å². The van der Waals surface area contributed by atoms with E-state index in [0.29, 0.717) is 25.2 Å². The SMILES string of the molecule is O=C(NCc1ccccn1)C1CN(C(=O)c2cn[nH]c2-c2ccccc2)CC12CCC2. The highest BCUT2D eigenvalue weighted by atomic mass is 16.2. The number of aromatic amines is 1. The average Bonchev–Trinajstić information content (AvgIpc) is 3.44. The number of benzene rings is 1. The van der Waals surface area contributed by atoms with E-state index in [-0.39, 0.29) is 23.1 Å². The first-order valence-corrected chi connectivity index (χ1v) is 10.7. The lowest BCUT2D eigenvalue weighted by Crippen LogP contribution is -2.45. The summed E-state index contributed by atoms with van der Waals surface area (Å²) < 4.78 is 0. The van der Waals surface area contributed by atoms with Crippen molar-refractivity contribution in [2.75, 3.05) is 13.1 Å². The fourth-order valence-electron chi connectivity index (χ4n) is 4.87. The fourth-order valence-corrected chi connectivity index (χ4v) is 4.87. The first-order valence-electron chi connectivity index (χ1n) is 10.7. The van der Waals surface area contributed by atoms with Gasteiger partial charge in [0.2, 0.25) is 5.91 Å². The van der Waals surface area contributed by atoms with Gasteiger partial charge >= 0.3 is 0 Å². The molecule has 0 radical (unpaired) electrons. The zero-order valence-corrected chi connectivity index (χ0v) is 17.3. The van der Waals surface area contributed by atoms with Crippen LogP contribution in [0.3, 0.4) is 0 Å². The minimum absolute atomic E-state index is 0.0103. The molecule has 1 unspecified atom stereocenters. The van der Waals surface area contributed by atoms with Crippen LogP contribution in [0.5, 0.6) is 0 Å². The highest BCUT2D eigenvalue weighted by molar-refractivity contribution is 6.00. The summed E-state index contributed by atoms with van der Waals surface area (Å²) in [4.78, 5) is 32.6. The Bertz CT molecular complexity index is 1080. The lowest BCUT2D eigenvalue weighted by Gasteiger charge is -2.41. The van der Waals surface area contributed by atoms with Gasteiger partial charge in [0.25, 0.3) is 5.91 Å². The topological polar surface area (TPSA) is 91.0 Å². The van der Waals surface area contributed by atoms with Crippen LogP contribution in [0.25, 0.3) is 11.3 Å². The van der Waals surface area contributed by atoms with Gasteiger partial charge in [-0.05, 0) is 25.0 Å². The van der Waals surface area contributed by atoms with E-state index in [1.54, 1.807) is 12.4 Å². The van der Waals surface area contributed by atoms with Gasteiger partial charge in [-0.25, -0.2) is 0 Å². The van der Waals surface area contributed by atoms with E-state index in [2.05, 4.69) is 20.5 Å². The monoisotopic (exact) mass is 415 g/mol. The lowest BCUT2D eigenvalue weighted by atomic mass is 9.62. The zero-order valence-electron chi connectivity index (χ0n) is 17.3. The summed E-state index contributed by atoms with van der Waals surface area (Å²) >= 11 is 0. The van der Waals surface area contributed by atoms with E-state index in [4.69, 9.17) is 0 Å². The summed E-state index contributed by atoms with van der Waals surface area (Å²) in [5.74, 6) is -0.254. The van der Waals surface area contributed by atoms with Gasteiger partial charge in [0.1, 0.15) is 0 Å². The van der Waals surface area contributed by atoms with Gasteiger partial charge in [-0.3, -0.25) is 19.7 Å². The maximum absolute atomic E-state index is 13.4. The van der Waals surface area contributed by atoms with Crippen molar-refractivity contribution in [3.63, 3.8) is 0 Å². The third kappa shape index (κ3) is 3.60. The van der Waals surface area contributed by atoms with E-state index in [9.17, 15) is 9.59 Å². The van der Waals surface area contributed by atoms with E-state index >= 15 is 0 Å². The largest absolute Gasteiger partial charge is 0.350 e. The molecule has 2 amide bonds. The minimum atomic E-state index is -0.194. The second-order valence-electron chi connectivity index (χ2n) is 8.52. The fraction of sp³-hybridized carbons (Fsp3) is 0.333. The number of amides is 2. The van der Waals surface area contributed by atoms with Crippen molar-refractivity contribution >= 4 is 11.8 Å². The highest BCUT2D eigenvalue weighted by Gasteiger charge is 2.54. The molecule has 1 aromatic carbocycles. The van der Waals surface area contributed by atoms with Crippen molar-refractivity contribution in [2.24, 2.45) is 11.3 Å². The van der Waals surface area contributed by atoms with Crippen LogP contribution in [-0.2, 0) is 11.3 Å². The Morgan fingerprint density at radius 1 is 1.13 bits per heavy atom. The van der Waals surface area contributed by atoms with Crippen LogP contribution >= 0.6 is 0 Å². The van der Waals surface area contributed by atoms with Crippen LogP contribution in [-0.4, -0.2) is 45.0 Å². The average molecular weight is 415 g/mol. The number of rotatable bonds is 5. The smallest absolute Gasteiger partial charge is 0.257 e. The molecule has 1 aliphatic heterocycles. The first-order chi connectivity index (χ1) is 15.2. The number of pyridine rings is 1. The molecule has 3 heterocycles. The number of nitrogens with one attached hydrogen (secondary N) is 2. The molecule has 2 aromatic heterocycles. The second-order valence-corrected chi connectivity index (χ2v) is 8.52. The van der Waals surface area contributed by atoms with Crippen molar-refractivity contribution in [3.8, 4) is 11.3 Å². The van der Waals surface area contributed by atoms with Gasteiger partial charge in [0.05, 0.1) is 35.6 Å². The van der Waals surface area contributed by atoms with E-state index in [1.807, 2.05) is 53.4 Å². The first kappa shape index (κ1) is 19.5. The van der Waals surface area contributed by atoms with Crippen LogP contribution in [0, 0.1) is 11.3 Å². The highest BCUT2D eigenvalue weighted by Crippen LogP contribution is 2.52. The summed E-state index contributed by atoms with van der Waals surface area (Å²) in [5.41, 5.74) is 2.91. The molecule has 2 N–H and O–H groups in total. The standard InChI is InChI=1S/C24H25N5O2/c30-22(26-13-18-9-4-5-12-25-18)20-15-29(16-24(20)10-6-11-24)23(31)19-14-27-28-21(19)17-7-2-1-3-8-17/h1-5,7-9,12,14,20H,6,10-11,13,15-16H2,(H,26,30)(H,27,28). The quantitative estimate of drug-likeness (QED) is 0.670. The number of aromatic nitrogens is 3. The maximum Gasteiger partial charge on any atom is 0.257 e. The molecular formula is C24H25N5O2. The normalized spacial score (nSPS) is 19.2. The van der Waals surface area contributed by atoms with Gasteiger partial charge in [-0.15, -0.1) is 0 Å². The summed E-state index contributed by atoms with van der Waals surface area (Å²) in [6, 6.07) is 15.4. The Labute approximate surface area is 180 Å². The van der Waals surface area contributed by atoms with Crippen LogP contribution in [0.2, 0.25) is 0 Å². The molecule has 1 saturated heterocycles. The Morgan fingerprint density at radius 3 is 2.65 bits per heavy atom. The van der Waals surface area contributed by atoms with Crippen molar-refractivity contribution in [1.82, 2.24) is 25.4 Å². The van der Waals surface area contributed by atoms with Crippen LogP contribution in [0.1, 0.15) is 35.3 Å². The Hall–Kier alpha value is -3.48. The maximum atomic E-state index is 13.4. The molecule has 31 heavy (non-hydrogen) atoms. The van der Waals surface area contributed by atoms with Crippen LogP contribution in [0.4, 0.5) is 0 Å². The van der Waals surface area contributed by atoms with Crippen LogP contribution in [0.15, 0.2) is 60.9 Å². The predicted molar refractivity (Wildman–Crippen MR) is 116 cm³/mol. The summed E-state index contributed by atoms with van der Waals surface area (Å²) in [6.07, 6.45) is 6.38. The Morgan fingerprint density at radius 2 is 1.94 bits per heavy atom. The number of hydrogen-bond acceptors (Lipinski definition) is 4. The van der Waals surface area contributed by atoms with Gasteiger partial charge in [-0.2, -0.15) is 5.10 Å². The minimum Gasteiger partial charge on any atom is -0.350 e. The van der Waals surface area contributed by atoms with Crippen molar-refractivity contribution < 1.29 is 9.59 Å². The molecule has 158 valence electrons. The van der Waals surface area contributed by atoms with E-state index < -0.39 is 0 Å². The number of hydrogen-bond donors (Lipinski definition) is 2. The second kappa shape index (κ2) is 7.98. The van der Waals surface area contributed by atoms with Crippen molar-refractivity contribution in [3.05, 3.63) is 72.2 Å². The third-order valence-corrected chi connectivity index (χ3v) is 6.70. The van der Waals surface area contributed by atoms with E-state index in [0.717, 1.165) is 36.2 Å². The molecule has 1 atom stereocenters. The van der Waals surface area contributed by atoms with Crippen LogP contribution < -0.4 is 5.32 Å². The summed E-state index contributed by atoms with van der Waals surface area (Å²) in [7, 11) is 0. The van der Waals surface area contributed by atoms with Gasteiger partial charge in [0, 0.05) is 30.3 Å². The van der Waals surface area contributed by atoms with Gasteiger partial charge in [-0.1, -0.05) is 42.8 Å². The van der Waals surface area contributed by atoms with Gasteiger partial charge in [0.15, 0.2) is 0 Å². The van der Waals surface area contributed by atoms with Crippen molar-refractivity contribution in [1.29, 1.82) is 0 Å². The molecule has 1 spiro atoms. The Balaban J connectivity index is 1.32.